The summed E-state index contributed by atoms with van der Waals surface area (Å²) < 4.78 is 26.8. The number of pyridine rings is 1. The third-order valence-corrected chi connectivity index (χ3v) is 2.06. The lowest BCUT2D eigenvalue weighted by molar-refractivity contribution is 0.441. The summed E-state index contributed by atoms with van der Waals surface area (Å²) in [5.41, 5.74) is 0.000848. The van der Waals surface area contributed by atoms with Crippen molar-refractivity contribution in [2.45, 2.75) is 27.7 Å². The van der Waals surface area contributed by atoms with Gasteiger partial charge in [-0.15, -0.1) is 0 Å². The zero-order valence-corrected chi connectivity index (χ0v) is 10.7. The Kier molecular flexibility index (Phi) is 4.26. The molecule has 1 aromatic rings. The van der Waals surface area contributed by atoms with E-state index >= 15 is 0 Å². The van der Waals surface area contributed by atoms with Crippen LogP contribution in [0.5, 0.6) is 0 Å². The molecule has 1 aromatic heterocycles. The first kappa shape index (κ1) is 13.7. The van der Waals surface area contributed by atoms with Crippen molar-refractivity contribution >= 4 is 11.6 Å². The number of hydrogen-bond acceptors (Lipinski definition) is 3. The van der Waals surface area contributed by atoms with E-state index in [1.807, 2.05) is 27.7 Å². The molecule has 0 amide bonds. The fourth-order valence-electron chi connectivity index (χ4n) is 1.23. The fourth-order valence-corrected chi connectivity index (χ4v) is 1.23. The maximum absolute atomic E-state index is 13.5. The Labute approximate surface area is 101 Å². The smallest absolute Gasteiger partial charge is 0.168 e. The topological polar surface area (TPSA) is 37.0 Å². The van der Waals surface area contributed by atoms with Gasteiger partial charge in [-0.1, -0.05) is 20.8 Å². The van der Waals surface area contributed by atoms with Crippen LogP contribution >= 0.6 is 0 Å². The van der Waals surface area contributed by atoms with Crippen molar-refractivity contribution < 1.29 is 8.78 Å². The second-order valence-electron chi connectivity index (χ2n) is 5.09. The van der Waals surface area contributed by atoms with E-state index in [2.05, 4.69) is 15.6 Å². The molecule has 1 heterocycles. The summed E-state index contributed by atoms with van der Waals surface area (Å²) in [5, 5.41) is 5.63. The molecule has 0 bridgehead atoms. The zero-order chi connectivity index (χ0) is 13.1. The lowest BCUT2D eigenvalue weighted by Crippen LogP contribution is -2.20. The Bertz CT molecular complexity index is 386. The van der Waals surface area contributed by atoms with Gasteiger partial charge in [0.05, 0.1) is 0 Å². The van der Waals surface area contributed by atoms with Gasteiger partial charge >= 0.3 is 0 Å². The number of halogens is 2. The summed E-state index contributed by atoms with van der Waals surface area (Å²) in [6, 6.07) is 0.843. The first-order valence-corrected chi connectivity index (χ1v) is 5.67. The number of rotatable bonds is 4. The average Bonchev–Trinajstić information content (AvgIpc) is 2.19. The third kappa shape index (κ3) is 4.17. The highest BCUT2D eigenvalue weighted by Gasteiger charge is 2.14. The molecule has 0 spiro atoms. The van der Waals surface area contributed by atoms with Gasteiger partial charge in [-0.3, -0.25) is 0 Å². The van der Waals surface area contributed by atoms with E-state index in [1.165, 1.54) is 0 Å². The molecule has 3 nitrogen and oxygen atoms in total. The van der Waals surface area contributed by atoms with Gasteiger partial charge in [-0.05, 0) is 12.3 Å². The van der Waals surface area contributed by atoms with Crippen molar-refractivity contribution in [2.75, 3.05) is 23.7 Å². The molecule has 0 saturated heterocycles. The van der Waals surface area contributed by atoms with Crippen LogP contribution in [0.2, 0.25) is 0 Å². The van der Waals surface area contributed by atoms with Crippen LogP contribution in [0.3, 0.4) is 0 Å². The van der Waals surface area contributed by atoms with Crippen LogP contribution in [0.15, 0.2) is 6.07 Å². The molecule has 0 aliphatic heterocycles. The molecule has 1 rings (SSSR count). The molecule has 0 radical (unpaired) electrons. The second kappa shape index (κ2) is 5.29. The van der Waals surface area contributed by atoms with E-state index in [0.717, 1.165) is 6.07 Å². The van der Waals surface area contributed by atoms with Crippen LogP contribution in [0.4, 0.5) is 20.4 Å². The predicted molar refractivity (Wildman–Crippen MR) is 66.3 cm³/mol. The van der Waals surface area contributed by atoms with E-state index in [9.17, 15) is 8.78 Å². The first-order chi connectivity index (χ1) is 7.83. The van der Waals surface area contributed by atoms with Crippen LogP contribution < -0.4 is 10.6 Å². The second-order valence-corrected chi connectivity index (χ2v) is 5.09. The molecule has 17 heavy (non-hydrogen) atoms. The molecule has 96 valence electrons. The first-order valence-electron chi connectivity index (χ1n) is 5.67. The minimum Gasteiger partial charge on any atom is -0.368 e. The van der Waals surface area contributed by atoms with Gasteiger partial charge in [0.1, 0.15) is 0 Å². The van der Waals surface area contributed by atoms with Gasteiger partial charge in [-0.25, -0.2) is 13.8 Å². The Hall–Kier alpha value is -1.39. The summed E-state index contributed by atoms with van der Waals surface area (Å²) in [7, 11) is 0. The Morgan fingerprint density at radius 2 is 1.65 bits per heavy atom. The van der Waals surface area contributed by atoms with Gasteiger partial charge in [0, 0.05) is 19.2 Å². The van der Waals surface area contributed by atoms with Gasteiger partial charge in [-0.2, -0.15) is 0 Å². The van der Waals surface area contributed by atoms with Gasteiger partial charge in [0.25, 0.3) is 0 Å². The highest BCUT2D eigenvalue weighted by atomic mass is 19.1. The number of anilines is 2. The molecule has 0 aliphatic rings. The number of aromatic nitrogens is 1. The van der Waals surface area contributed by atoms with E-state index in [4.69, 9.17) is 0 Å². The Morgan fingerprint density at radius 1 is 1.12 bits per heavy atom. The maximum atomic E-state index is 13.5. The van der Waals surface area contributed by atoms with Gasteiger partial charge < -0.3 is 10.6 Å². The molecule has 2 N–H and O–H groups in total. The van der Waals surface area contributed by atoms with Crippen LogP contribution in [-0.2, 0) is 0 Å². The molecule has 0 fully saturated rings. The molecule has 0 aliphatic carbocycles. The largest absolute Gasteiger partial charge is 0.368 e. The lowest BCUT2D eigenvalue weighted by Gasteiger charge is -2.19. The van der Waals surface area contributed by atoms with Crippen molar-refractivity contribution in [3.63, 3.8) is 0 Å². The van der Waals surface area contributed by atoms with Crippen LogP contribution in [0.25, 0.3) is 0 Å². The van der Waals surface area contributed by atoms with Gasteiger partial charge in [0.15, 0.2) is 23.3 Å². The summed E-state index contributed by atoms with van der Waals surface area (Å²) in [4.78, 5) is 3.89. The van der Waals surface area contributed by atoms with Crippen molar-refractivity contribution in [2.24, 2.45) is 5.41 Å². The molecular weight excluding hydrogens is 224 g/mol. The molecule has 0 atom stereocenters. The zero-order valence-electron chi connectivity index (χ0n) is 10.7. The van der Waals surface area contributed by atoms with Crippen LogP contribution in [0.1, 0.15) is 27.7 Å². The molecule has 0 aromatic carbocycles. The highest BCUT2D eigenvalue weighted by Crippen LogP contribution is 2.21. The fraction of sp³-hybridized carbons (Fsp3) is 0.583. The summed E-state index contributed by atoms with van der Waals surface area (Å²) in [5.74, 6) is -1.19. The van der Waals surface area contributed by atoms with Crippen molar-refractivity contribution in [1.82, 2.24) is 4.98 Å². The SMILES string of the molecule is CCNc1nc(NCC(C)(C)C)c(F)cc1F. The normalized spacial score (nSPS) is 11.4. The quantitative estimate of drug-likeness (QED) is 0.852. The molecular formula is C12H19F2N3. The van der Waals surface area contributed by atoms with Crippen molar-refractivity contribution in [3.8, 4) is 0 Å². The molecule has 0 unspecified atom stereocenters. The monoisotopic (exact) mass is 243 g/mol. The summed E-state index contributed by atoms with van der Waals surface area (Å²) in [6.45, 7) is 8.99. The molecule has 0 saturated carbocycles. The van der Waals surface area contributed by atoms with Crippen LogP contribution in [0, 0.1) is 17.0 Å². The number of nitrogens with one attached hydrogen (secondary N) is 2. The standard InChI is InChI=1S/C12H19F2N3/c1-5-15-10-8(13)6-9(14)11(17-10)16-7-12(2,3)4/h6H,5,7H2,1-4H3,(H2,15,16,17). The van der Waals surface area contributed by atoms with Gasteiger partial charge in [0.2, 0.25) is 0 Å². The van der Waals surface area contributed by atoms with Crippen molar-refractivity contribution in [1.29, 1.82) is 0 Å². The van der Waals surface area contributed by atoms with E-state index < -0.39 is 11.6 Å². The number of nitrogens with zero attached hydrogens (tertiary/aromatic N) is 1. The minimum absolute atomic E-state index is 0.000848. The maximum Gasteiger partial charge on any atom is 0.168 e. The summed E-state index contributed by atoms with van der Waals surface area (Å²) >= 11 is 0. The van der Waals surface area contributed by atoms with Crippen molar-refractivity contribution in [3.05, 3.63) is 17.7 Å². The Morgan fingerprint density at radius 3 is 2.12 bits per heavy atom. The average molecular weight is 243 g/mol. The highest BCUT2D eigenvalue weighted by molar-refractivity contribution is 5.47. The third-order valence-electron chi connectivity index (χ3n) is 2.06. The van der Waals surface area contributed by atoms with E-state index in [0.29, 0.717) is 13.1 Å². The summed E-state index contributed by atoms with van der Waals surface area (Å²) in [6.07, 6.45) is 0. The predicted octanol–water partition coefficient (Wildman–Crippen LogP) is 3.25. The molecule has 5 heteroatoms. The van der Waals surface area contributed by atoms with E-state index in [-0.39, 0.29) is 17.1 Å². The Balaban J connectivity index is 2.88. The minimum atomic E-state index is -0.675. The van der Waals surface area contributed by atoms with E-state index in [1.54, 1.807) is 0 Å². The number of hydrogen-bond donors (Lipinski definition) is 2. The van der Waals surface area contributed by atoms with Crippen LogP contribution in [-0.4, -0.2) is 18.1 Å². The lowest BCUT2D eigenvalue weighted by atomic mass is 9.97.